The summed E-state index contributed by atoms with van der Waals surface area (Å²) in [6.07, 6.45) is 3.42. The number of nitrogens with zero attached hydrogens (tertiary/aromatic N) is 1. The summed E-state index contributed by atoms with van der Waals surface area (Å²) in [6.45, 7) is 1.94. The fourth-order valence-corrected chi connectivity index (χ4v) is 4.75. The first-order valence-corrected chi connectivity index (χ1v) is 11.1. The van der Waals surface area contributed by atoms with E-state index in [0.29, 0.717) is 22.2 Å². The largest absolute Gasteiger partial charge is 0.367 e. The molecule has 0 aliphatic carbocycles. The van der Waals surface area contributed by atoms with Crippen LogP contribution in [0.4, 0.5) is 11.4 Å². The Morgan fingerprint density at radius 2 is 1.97 bits per heavy atom. The molecule has 32 heavy (non-hydrogen) atoms. The van der Waals surface area contributed by atoms with Crippen LogP contribution in [-0.2, 0) is 9.59 Å². The van der Waals surface area contributed by atoms with Crippen LogP contribution < -0.4 is 21.7 Å². The number of benzene rings is 2. The molecule has 1 aliphatic heterocycles. The Labute approximate surface area is 193 Å². The molecule has 0 saturated carbocycles. The second kappa shape index (κ2) is 8.60. The SMILES string of the molecule is Cc1c(-c2ccc(C(N)=O)c3[nH]cc(NC(=O)CCl)c23)cccc1N1C=CSC1C(N)=O. The van der Waals surface area contributed by atoms with E-state index in [1.807, 2.05) is 41.6 Å². The molecule has 4 rings (SSSR count). The molecule has 1 aliphatic rings. The summed E-state index contributed by atoms with van der Waals surface area (Å²) in [7, 11) is 0. The lowest BCUT2D eigenvalue weighted by molar-refractivity contribution is -0.117. The summed E-state index contributed by atoms with van der Waals surface area (Å²) in [4.78, 5) is 40.7. The van der Waals surface area contributed by atoms with Gasteiger partial charge in [-0.25, -0.2) is 0 Å². The van der Waals surface area contributed by atoms with Crippen molar-refractivity contribution in [2.24, 2.45) is 11.5 Å². The van der Waals surface area contributed by atoms with Crippen molar-refractivity contribution in [2.75, 3.05) is 16.1 Å². The van der Waals surface area contributed by atoms with Crippen LogP contribution in [0, 0.1) is 6.92 Å². The van der Waals surface area contributed by atoms with E-state index in [1.165, 1.54) is 11.8 Å². The number of H-pyrrole nitrogens is 1. The predicted octanol–water partition coefficient (Wildman–Crippen LogP) is 3.26. The zero-order valence-corrected chi connectivity index (χ0v) is 18.6. The van der Waals surface area contributed by atoms with E-state index in [-0.39, 0.29) is 11.8 Å². The van der Waals surface area contributed by atoms with Crippen LogP contribution in [-0.4, -0.2) is 34.0 Å². The number of hydrogen-bond donors (Lipinski definition) is 4. The second-order valence-corrected chi connectivity index (χ2v) is 8.45. The van der Waals surface area contributed by atoms with Crippen molar-refractivity contribution in [2.45, 2.75) is 12.3 Å². The number of anilines is 2. The molecule has 6 N–H and O–H groups in total. The highest BCUT2D eigenvalue weighted by Gasteiger charge is 2.28. The van der Waals surface area contributed by atoms with Crippen LogP contribution in [0.15, 0.2) is 48.1 Å². The number of carbonyl (C=O) groups excluding carboxylic acids is 3. The van der Waals surface area contributed by atoms with Crippen LogP contribution in [0.5, 0.6) is 0 Å². The Kier molecular flexibility index (Phi) is 5.86. The van der Waals surface area contributed by atoms with Crippen LogP contribution in [0.25, 0.3) is 22.0 Å². The zero-order chi connectivity index (χ0) is 23.0. The fraction of sp³-hybridized carbons (Fsp3) is 0.136. The molecule has 1 unspecified atom stereocenters. The summed E-state index contributed by atoms with van der Waals surface area (Å²) in [6, 6.07) is 9.16. The van der Waals surface area contributed by atoms with Crippen LogP contribution in [0.1, 0.15) is 15.9 Å². The predicted molar refractivity (Wildman–Crippen MR) is 129 cm³/mol. The summed E-state index contributed by atoms with van der Waals surface area (Å²) in [5.41, 5.74) is 15.8. The molecule has 0 saturated heterocycles. The maximum atomic E-state index is 12.0. The normalized spacial score (nSPS) is 15.3. The minimum Gasteiger partial charge on any atom is -0.367 e. The molecule has 1 aromatic heterocycles. The van der Waals surface area contributed by atoms with Crippen molar-refractivity contribution in [1.29, 1.82) is 0 Å². The van der Waals surface area contributed by atoms with E-state index in [4.69, 9.17) is 23.1 Å². The number of halogens is 1. The van der Waals surface area contributed by atoms with Gasteiger partial charge in [0.15, 0.2) is 5.37 Å². The Morgan fingerprint density at radius 3 is 2.66 bits per heavy atom. The zero-order valence-electron chi connectivity index (χ0n) is 17.0. The topological polar surface area (TPSA) is 134 Å². The first-order valence-electron chi connectivity index (χ1n) is 9.63. The molecule has 1 atom stereocenters. The molecule has 0 fully saturated rings. The van der Waals surface area contributed by atoms with Crippen molar-refractivity contribution in [3.05, 3.63) is 59.3 Å². The monoisotopic (exact) mass is 469 g/mol. The number of thioether (sulfide) groups is 1. The number of nitrogens with one attached hydrogen (secondary N) is 2. The molecule has 8 nitrogen and oxygen atoms in total. The lowest BCUT2D eigenvalue weighted by atomic mass is 9.94. The molecular weight excluding hydrogens is 450 g/mol. The highest BCUT2D eigenvalue weighted by atomic mass is 35.5. The highest BCUT2D eigenvalue weighted by molar-refractivity contribution is 8.03. The third kappa shape index (κ3) is 3.69. The Balaban J connectivity index is 1.92. The summed E-state index contributed by atoms with van der Waals surface area (Å²) in [5, 5.41) is 4.69. The van der Waals surface area contributed by atoms with Gasteiger partial charge < -0.3 is 26.7 Å². The van der Waals surface area contributed by atoms with Gasteiger partial charge in [-0.3, -0.25) is 14.4 Å². The van der Waals surface area contributed by atoms with Gasteiger partial charge in [0.05, 0.1) is 16.8 Å². The molecule has 0 bridgehead atoms. The summed E-state index contributed by atoms with van der Waals surface area (Å²) < 4.78 is 0. The highest BCUT2D eigenvalue weighted by Crippen LogP contribution is 2.41. The van der Waals surface area contributed by atoms with Crippen molar-refractivity contribution in [3.8, 4) is 11.1 Å². The Hall–Kier alpha value is -3.43. The Bertz CT molecular complexity index is 1290. The van der Waals surface area contributed by atoms with Gasteiger partial charge >= 0.3 is 0 Å². The van der Waals surface area contributed by atoms with Crippen LogP contribution in [0.3, 0.4) is 0 Å². The molecule has 164 valence electrons. The third-order valence-corrected chi connectivity index (χ3v) is 6.53. The number of alkyl halides is 1. The molecule has 3 amide bonds. The minimum atomic E-state index is -0.590. The molecule has 3 aromatic rings. The van der Waals surface area contributed by atoms with E-state index in [2.05, 4.69) is 10.3 Å². The quantitative estimate of drug-likeness (QED) is 0.411. The van der Waals surface area contributed by atoms with Gasteiger partial charge in [0.1, 0.15) is 5.88 Å². The van der Waals surface area contributed by atoms with Gasteiger partial charge in [0.25, 0.3) is 11.8 Å². The van der Waals surface area contributed by atoms with Crippen molar-refractivity contribution in [1.82, 2.24) is 4.98 Å². The molecular formula is C22H20ClN5O3S. The van der Waals surface area contributed by atoms with E-state index in [0.717, 1.165) is 22.4 Å². The number of amides is 3. The van der Waals surface area contributed by atoms with E-state index >= 15 is 0 Å². The molecule has 2 heterocycles. The van der Waals surface area contributed by atoms with Gasteiger partial charge in [-0.15, -0.1) is 11.6 Å². The van der Waals surface area contributed by atoms with Crippen LogP contribution in [0.2, 0.25) is 0 Å². The standard InChI is InChI=1S/C22H20ClN5O3S/c1-11-12(3-2-4-16(11)28-7-8-32-22(28)21(25)31)13-5-6-14(20(24)30)19-18(13)15(10-26-19)27-17(29)9-23/h2-8,10,22,26H,9H2,1H3,(H2,24,30)(H2,25,31)(H,27,29). The maximum absolute atomic E-state index is 12.0. The molecule has 0 spiro atoms. The minimum absolute atomic E-state index is 0.209. The van der Waals surface area contributed by atoms with E-state index in [9.17, 15) is 14.4 Å². The third-order valence-electron chi connectivity index (χ3n) is 5.29. The second-order valence-electron chi connectivity index (χ2n) is 7.19. The molecule has 10 heteroatoms. The molecule has 2 aromatic carbocycles. The number of fused-ring (bicyclic) bond motifs is 1. The summed E-state index contributed by atoms with van der Waals surface area (Å²) in [5.74, 6) is -1.61. The van der Waals surface area contributed by atoms with Gasteiger partial charge in [-0.1, -0.05) is 30.0 Å². The number of rotatable bonds is 6. The first kappa shape index (κ1) is 21.8. The van der Waals surface area contributed by atoms with Gasteiger partial charge in [-0.05, 0) is 41.2 Å². The van der Waals surface area contributed by atoms with Crippen LogP contribution >= 0.6 is 23.4 Å². The number of hydrogen-bond acceptors (Lipinski definition) is 5. The van der Waals surface area contributed by atoms with E-state index < -0.39 is 17.2 Å². The number of carbonyl (C=O) groups is 3. The number of primary amides is 2. The summed E-state index contributed by atoms with van der Waals surface area (Å²) >= 11 is 7.01. The lowest BCUT2D eigenvalue weighted by Gasteiger charge is -2.25. The molecule has 0 radical (unpaired) electrons. The average molecular weight is 470 g/mol. The lowest BCUT2D eigenvalue weighted by Crippen LogP contribution is -2.37. The smallest absolute Gasteiger partial charge is 0.251 e. The number of aromatic amines is 1. The van der Waals surface area contributed by atoms with Crippen molar-refractivity contribution >= 4 is 63.4 Å². The number of aromatic nitrogens is 1. The van der Waals surface area contributed by atoms with Gasteiger partial charge in [0, 0.05) is 23.5 Å². The maximum Gasteiger partial charge on any atom is 0.251 e. The number of nitrogens with two attached hydrogens (primary N) is 2. The fourth-order valence-electron chi connectivity index (χ4n) is 3.89. The van der Waals surface area contributed by atoms with Crippen molar-refractivity contribution < 1.29 is 14.4 Å². The first-order chi connectivity index (χ1) is 15.3. The average Bonchev–Trinajstić information content (AvgIpc) is 3.41. The van der Waals surface area contributed by atoms with Gasteiger partial charge in [0.2, 0.25) is 5.91 Å². The van der Waals surface area contributed by atoms with Gasteiger partial charge in [-0.2, -0.15) is 0 Å². The van der Waals surface area contributed by atoms with E-state index in [1.54, 1.807) is 18.3 Å². The van der Waals surface area contributed by atoms with Crippen molar-refractivity contribution in [3.63, 3.8) is 0 Å². The Morgan fingerprint density at radius 1 is 1.19 bits per heavy atom.